The van der Waals surface area contributed by atoms with E-state index in [1.807, 2.05) is 5.38 Å². The SMILES string of the molecule is CC(C)C(N)c1nc(CC(=O)Nc2ccncc2)cs1. The Morgan fingerprint density at radius 1 is 1.40 bits per heavy atom. The number of rotatable bonds is 5. The number of nitrogens with one attached hydrogen (secondary N) is 1. The van der Waals surface area contributed by atoms with Crippen molar-refractivity contribution in [2.75, 3.05) is 5.32 Å². The Hall–Kier alpha value is -1.79. The van der Waals surface area contributed by atoms with Crippen molar-refractivity contribution >= 4 is 22.9 Å². The molecular weight excluding hydrogens is 272 g/mol. The van der Waals surface area contributed by atoms with Gasteiger partial charge in [-0.25, -0.2) is 4.98 Å². The first kappa shape index (κ1) is 14.6. The average Bonchev–Trinajstić information content (AvgIpc) is 2.87. The Bertz CT molecular complexity index is 568. The molecule has 0 aliphatic rings. The van der Waals surface area contributed by atoms with E-state index in [1.165, 1.54) is 11.3 Å². The minimum atomic E-state index is -0.0915. The highest BCUT2D eigenvalue weighted by Crippen LogP contribution is 2.22. The highest BCUT2D eigenvalue weighted by molar-refractivity contribution is 7.09. The van der Waals surface area contributed by atoms with E-state index in [4.69, 9.17) is 5.73 Å². The molecule has 0 spiro atoms. The summed E-state index contributed by atoms with van der Waals surface area (Å²) in [6.45, 7) is 4.11. The van der Waals surface area contributed by atoms with Crippen LogP contribution >= 0.6 is 11.3 Å². The van der Waals surface area contributed by atoms with Gasteiger partial charge in [-0.2, -0.15) is 0 Å². The fourth-order valence-electron chi connectivity index (χ4n) is 1.65. The highest BCUT2D eigenvalue weighted by Gasteiger charge is 2.15. The molecule has 0 aromatic carbocycles. The molecule has 0 saturated heterocycles. The fraction of sp³-hybridized carbons (Fsp3) is 0.357. The maximum Gasteiger partial charge on any atom is 0.230 e. The van der Waals surface area contributed by atoms with Gasteiger partial charge in [-0.15, -0.1) is 11.3 Å². The standard InChI is InChI=1S/C14H18N4OS/c1-9(2)13(15)14-18-11(8-20-14)7-12(19)17-10-3-5-16-6-4-10/h3-6,8-9,13H,7,15H2,1-2H3,(H,16,17,19). The molecule has 2 rings (SSSR count). The maximum atomic E-state index is 11.9. The molecule has 3 N–H and O–H groups in total. The van der Waals surface area contributed by atoms with Gasteiger partial charge in [-0.05, 0) is 18.1 Å². The van der Waals surface area contributed by atoms with Gasteiger partial charge in [0.15, 0.2) is 0 Å². The van der Waals surface area contributed by atoms with Crippen molar-refractivity contribution in [3.8, 4) is 0 Å². The Labute approximate surface area is 122 Å². The maximum absolute atomic E-state index is 11.9. The molecule has 6 heteroatoms. The summed E-state index contributed by atoms with van der Waals surface area (Å²) in [7, 11) is 0. The van der Waals surface area contributed by atoms with Crippen molar-refractivity contribution < 1.29 is 4.79 Å². The molecule has 0 bridgehead atoms. The molecule has 2 aromatic heterocycles. The molecule has 0 saturated carbocycles. The van der Waals surface area contributed by atoms with E-state index >= 15 is 0 Å². The Morgan fingerprint density at radius 3 is 2.75 bits per heavy atom. The van der Waals surface area contributed by atoms with Crippen LogP contribution in [0.15, 0.2) is 29.9 Å². The van der Waals surface area contributed by atoms with Gasteiger partial charge >= 0.3 is 0 Å². The lowest BCUT2D eigenvalue weighted by atomic mass is 10.1. The lowest BCUT2D eigenvalue weighted by molar-refractivity contribution is -0.115. The lowest BCUT2D eigenvalue weighted by Gasteiger charge is -2.11. The number of thiazole rings is 1. The van der Waals surface area contributed by atoms with E-state index in [2.05, 4.69) is 29.1 Å². The van der Waals surface area contributed by atoms with Crippen LogP contribution in [0, 0.1) is 5.92 Å². The zero-order valence-corrected chi connectivity index (χ0v) is 12.4. The van der Waals surface area contributed by atoms with Crippen LogP contribution in [0.5, 0.6) is 0 Å². The van der Waals surface area contributed by atoms with Crippen molar-refractivity contribution in [1.29, 1.82) is 0 Å². The first-order chi connectivity index (χ1) is 9.56. The topological polar surface area (TPSA) is 80.9 Å². The van der Waals surface area contributed by atoms with Crippen LogP contribution in [0.3, 0.4) is 0 Å². The van der Waals surface area contributed by atoms with Crippen LogP contribution in [0.2, 0.25) is 0 Å². The van der Waals surface area contributed by atoms with Gasteiger partial charge < -0.3 is 11.1 Å². The van der Waals surface area contributed by atoms with Gasteiger partial charge in [0, 0.05) is 23.5 Å². The second kappa shape index (κ2) is 6.58. The number of aromatic nitrogens is 2. The summed E-state index contributed by atoms with van der Waals surface area (Å²) < 4.78 is 0. The first-order valence-electron chi connectivity index (χ1n) is 6.46. The monoisotopic (exact) mass is 290 g/mol. The Balaban J connectivity index is 1.95. The highest BCUT2D eigenvalue weighted by atomic mass is 32.1. The third-order valence-corrected chi connectivity index (χ3v) is 3.87. The number of hydrogen-bond acceptors (Lipinski definition) is 5. The molecule has 1 unspecified atom stereocenters. The zero-order chi connectivity index (χ0) is 14.5. The smallest absolute Gasteiger partial charge is 0.230 e. The molecule has 2 heterocycles. The second-order valence-corrected chi connectivity index (χ2v) is 5.80. The Kier molecular flexibility index (Phi) is 4.81. The van der Waals surface area contributed by atoms with E-state index < -0.39 is 0 Å². The molecule has 0 aliphatic carbocycles. The molecule has 0 fully saturated rings. The van der Waals surface area contributed by atoms with Crippen LogP contribution in [-0.2, 0) is 11.2 Å². The van der Waals surface area contributed by atoms with Crippen molar-refractivity contribution in [2.45, 2.75) is 26.3 Å². The predicted octanol–water partition coefficient (Wildman–Crippen LogP) is 2.38. The van der Waals surface area contributed by atoms with Crippen LogP contribution < -0.4 is 11.1 Å². The third kappa shape index (κ3) is 3.85. The predicted molar refractivity (Wildman–Crippen MR) is 80.5 cm³/mol. The van der Waals surface area contributed by atoms with E-state index in [9.17, 15) is 4.79 Å². The number of carbonyl (C=O) groups is 1. The average molecular weight is 290 g/mol. The van der Waals surface area contributed by atoms with Gasteiger partial charge in [-0.1, -0.05) is 13.8 Å². The lowest BCUT2D eigenvalue weighted by Crippen LogP contribution is -2.17. The van der Waals surface area contributed by atoms with Gasteiger partial charge in [0.05, 0.1) is 18.2 Å². The minimum absolute atomic E-state index is 0.0722. The molecular formula is C14H18N4OS. The quantitative estimate of drug-likeness (QED) is 0.886. The second-order valence-electron chi connectivity index (χ2n) is 4.91. The van der Waals surface area contributed by atoms with Crippen molar-refractivity contribution in [2.24, 2.45) is 11.7 Å². The molecule has 1 amide bonds. The number of carbonyl (C=O) groups excluding carboxylic acids is 1. The molecule has 2 aromatic rings. The molecule has 1 atom stereocenters. The number of nitrogens with zero attached hydrogens (tertiary/aromatic N) is 2. The van der Waals surface area contributed by atoms with Crippen molar-refractivity contribution in [3.63, 3.8) is 0 Å². The van der Waals surface area contributed by atoms with E-state index in [-0.39, 0.29) is 18.4 Å². The van der Waals surface area contributed by atoms with E-state index in [0.29, 0.717) is 5.92 Å². The third-order valence-electron chi connectivity index (χ3n) is 2.88. The van der Waals surface area contributed by atoms with Crippen LogP contribution in [0.1, 0.15) is 30.6 Å². The number of hydrogen-bond donors (Lipinski definition) is 2. The normalized spacial score (nSPS) is 12.4. The largest absolute Gasteiger partial charge is 0.326 e. The van der Waals surface area contributed by atoms with Crippen LogP contribution in [-0.4, -0.2) is 15.9 Å². The molecule has 20 heavy (non-hydrogen) atoms. The van der Waals surface area contributed by atoms with Crippen molar-refractivity contribution in [1.82, 2.24) is 9.97 Å². The summed E-state index contributed by atoms with van der Waals surface area (Å²) in [4.78, 5) is 20.2. The van der Waals surface area contributed by atoms with Gasteiger partial charge in [0.25, 0.3) is 0 Å². The number of amides is 1. The van der Waals surface area contributed by atoms with E-state index in [1.54, 1.807) is 24.5 Å². The fourth-order valence-corrected chi connectivity index (χ4v) is 2.64. The summed E-state index contributed by atoms with van der Waals surface area (Å²) in [5.41, 5.74) is 7.54. The van der Waals surface area contributed by atoms with Gasteiger partial charge in [0.2, 0.25) is 5.91 Å². The summed E-state index contributed by atoms with van der Waals surface area (Å²) >= 11 is 1.51. The van der Waals surface area contributed by atoms with Gasteiger partial charge in [-0.3, -0.25) is 9.78 Å². The summed E-state index contributed by atoms with van der Waals surface area (Å²) in [6.07, 6.45) is 3.53. The summed E-state index contributed by atoms with van der Waals surface area (Å²) in [6, 6.07) is 3.43. The number of nitrogens with two attached hydrogens (primary N) is 1. The molecule has 106 valence electrons. The van der Waals surface area contributed by atoms with Crippen molar-refractivity contribution in [3.05, 3.63) is 40.6 Å². The molecule has 0 aliphatic heterocycles. The van der Waals surface area contributed by atoms with E-state index in [0.717, 1.165) is 16.4 Å². The summed E-state index contributed by atoms with van der Waals surface area (Å²) in [5.74, 6) is 0.241. The zero-order valence-electron chi connectivity index (χ0n) is 11.5. The van der Waals surface area contributed by atoms with Crippen LogP contribution in [0.4, 0.5) is 5.69 Å². The molecule has 5 nitrogen and oxygen atoms in total. The first-order valence-corrected chi connectivity index (χ1v) is 7.34. The number of pyridine rings is 1. The Morgan fingerprint density at radius 2 is 2.10 bits per heavy atom. The van der Waals surface area contributed by atoms with Gasteiger partial charge in [0.1, 0.15) is 5.01 Å². The van der Waals surface area contributed by atoms with Crippen LogP contribution in [0.25, 0.3) is 0 Å². The summed E-state index contributed by atoms with van der Waals surface area (Å²) in [5, 5.41) is 5.58. The minimum Gasteiger partial charge on any atom is -0.326 e. The number of anilines is 1. The molecule has 0 radical (unpaired) electrons.